The average molecular weight is 283 g/mol. The Morgan fingerprint density at radius 1 is 1.24 bits per heavy atom. The van der Waals surface area contributed by atoms with E-state index < -0.39 is 0 Å². The van der Waals surface area contributed by atoms with E-state index in [1.54, 1.807) is 0 Å². The van der Waals surface area contributed by atoms with Gasteiger partial charge in [0.1, 0.15) is 5.52 Å². The molecule has 0 aliphatic rings. The molecule has 4 heteroatoms. The van der Waals surface area contributed by atoms with Gasteiger partial charge in [0.25, 0.3) is 0 Å². The molecule has 0 fully saturated rings. The summed E-state index contributed by atoms with van der Waals surface area (Å²) in [5.74, 6) is 0.791. The summed E-state index contributed by atoms with van der Waals surface area (Å²) >= 11 is 0. The number of oxazole rings is 1. The second kappa shape index (κ2) is 6.04. The summed E-state index contributed by atoms with van der Waals surface area (Å²) in [6.07, 6.45) is 6.31. The van der Waals surface area contributed by atoms with Gasteiger partial charge < -0.3 is 14.3 Å². The maximum absolute atomic E-state index is 5.62. The van der Waals surface area contributed by atoms with Crippen LogP contribution < -0.4 is 5.32 Å². The quantitative estimate of drug-likeness (QED) is 0.736. The van der Waals surface area contributed by atoms with Crippen LogP contribution in [-0.4, -0.2) is 9.55 Å². The Balaban J connectivity index is 1.69. The van der Waals surface area contributed by atoms with Crippen molar-refractivity contribution in [1.29, 1.82) is 0 Å². The first-order chi connectivity index (χ1) is 10.3. The van der Waals surface area contributed by atoms with Crippen molar-refractivity contribution in [3.8, 4) is 0 Å². The largest absolute Gasteiger partial charge is 0.441 e. The number of fused-ring (bicyclic) bond motifs is 1. The number of aryl methyl sites for hydroxylation is 2. The fraction of sp³-hybridized carbons (Fsp3) is 0.353. The van der Waals surface area contributed by atoms with Gasteiger partial charge in [-0.05, 0) is 36.2 Å². The highest BCUT2D eigenvalue weighted by molar-refractivity contribution is 5.77. The van der Waals surface area contributed by atoms with Crippen LogP contribution in [0.3, 0.4) is 0 Å². The lowest BCUT2D eigenvalue weighted by molar-refractivity contribution is 0.538. The molecule has 0 aliphatic heterocycles. The molecule has 4 nitrogen and oxygen atoms in total. The van der Waals surface area contributed by atoms with Crippen molar-refractivity contribution in [1.82, 2.24) is 9.55 Å². The van der Waals surface area contributed by atoms with Gasteiger partial charge in [-0.15, -0.1) is 0 Å². The van der Waals surface area contributed by atoms with Crippen molar-refractivity contribution in [3.05, 3.63) is 48.1 Å². The third-order valence-electron chi connectivity index (χ3n) is 3.52. The van der Waals surface area contributed by atoms with Crippen LogP contribution >= 0.6 is 0 Å². The van der Waals surface area contributed by atoms with Crippen LogP contribution in [0, 0.1) is 0 Å². The Bertz CT molecular complexity index is 727. The third kappa shape index (κ3) is 3.10. The second-order valence-corrected chi connectivity index (χ2v) is 5.25. The zero-order valence-electron chi connectivity index (χ0n) is 12.6. The van der Waals surface area contributed by atoms with E-state index in [0.29, 0.717) is 0 Å². The van der Waals surface area contributed by atoms with Crippen molar-refractivity contribution in [2.24, 2.45) is 0 Å². The number of rotatable bonds is 6. The third-order valence-corrected chi connectivity index (χ3v) is 3.52. The van der Waals surface area contributed by atoms with Gasteiger partial charge in [0.2, 0.25) is 0 Å². The predicted molar refractivity (Wildman–Crippen MR) is 85.4 cm³/mol. The highest BCUT2D eigenvalue weighted by atomic mass is 16.3. The van der Waals surface area contributed by atoms with E-state index >= 15 is 0 Å². The minimum atomic E-state index is 0.791. The normalized spacial score (nSPS) is 11.1. The van der Waals surface area contributed by atoms with E-state index in [1.165, 1.54) is 5.56 Å². The lowest BCUT2D eigenvalue weighted by atomic mass is 10.2. The van der Waals surface area contributed by atoms with Crippen LogP contribution in [0.5, 0.6) is 0 Å². The summed E-state index contributed by atoms with van der Waals surface area (Å²) in [4.78, 5) is 4.46. The molecular formula is C17H21N3O. The molecule has 0 unspecified atom stereocenters. The predicted octanol–water partition coefficient (Wildman–Crippen LogP) is 4.21. The van der Waals surface area contributed by atoms with Crippen molar-refractivity contribution < 1.29 is 4.42 Å². The standard InChI is InChI=1S/C17H21N3O/c1-3-8-20-9-7-13(12-20)11-18-14-5-6-16-15(10-14)19-17(4-2)21-16/h5-7,9-10,12,18H,3-4,8,11H2,1-2H3. The first-order valence-corrected chi connectivity index (χ1v) is 7.56. The fourth-order valence-corrected chi connectivity index (χ4v) is 2.43. The molecule has 2 aromatic heterocycles. The minimum absolute atomic E-state index is 0.791. The van der Waals surface area contributed by atoms with Gasteiger partial charge in [0.15, 0.2) is 11.5 Å². The number of hydrogen-bond acceptors (Lipinski definition) is 3. The molecule has 21 heavy (non-hydrogen) atoms. The summed E-state index contributed by atoms with van der Waals surface area (Å²) in [5.41, 5.74) is 4.13. The van der Waals surface area contributed by atoms with Gasteiger partial charge in [-0.3, -0.25) is 0 Å². The minimum Gasteiger partial charge on any atom is -0.441 e. The summed E-state index contributed by atoms with van der Waals surface area (Å²) in [7, 11) is 0. The maximum Gasteiger partial charge on any atom is 0.195 e. The van der Waals surface area contributed by atoms with Crippen LogP contribution in [0.2, 0.25) is 0 Å². The van der Waals surface area contributed by atoms with E-state index in [1.807, 2.05) is 25.1 Å². The molecule has 3 aromatic rings. The summed E-state index contributed by atoms with van der Waals surface area (Å²) in [5, 5.41) is 3.44. The van der Waals surface area contributed by atoms with Crippen LogP contribution in [0.4, 0.5) is 5.69 Å². The Hall–Kier alpha value is -2.23. The number of hydrogen-bond donors (Lipinski definition) is 1. The van der Waals surface area contributed by atoms with Crippen molar-refractivity contribution in [2.45, 2.75) is 39.8 Å². The number of nitrogens with one attached hydrogen (secondary N) is 1. The van der Waals surface area contributed by atoms with E-state index in [-0.39, 0.29) is 0 Å². The Morgan fingerprint density at radius 2 is 2.14 bits per heavy atom. The van der Waals surface area contributed by atoms with Crippen LogP contribution in [-0.2, 0) is 19.5 Å². The maximum atomic E-state index is 5.62. The summed E-state index contributed by atoms with van der Waals surface area (Å²) in [6.45, 7) is 6.13. The van der Waals surface area contributed by atoms with Gasteiger partial charge in [-0.1, -0.05) is 13.8 Å². The molecule has 110 valence electrons. The smallest absolute Gasteiger partial charge is 0.195 e. The average Bonchev–Trinajstić information content (AvgIpc) is 3.11. The number of aromatic nitrogens is 2. The van der Waals surface area contributed by atoms with E-state index in [4.69, 9.17) is 4.42 Å². The molecule has 0 atom stereocenters. The molecule has 0 amide bonds. The molecule has 0 spiro atoms. The zero-order valence-corrected chi connectivity index (χ0v) is 12.6. The summed E-state index contributed by atoms with van der Waals surface area (Å²) in [6, 6.07) is 8.22. The van der Waals surface area contributed by atoms with Gasteiger partial charge in [0.05, 0.1) is 0 Å². The van der Waals surface area contributed by atoms with Gasteiger partial charge in [-0.2, -0.15) is 0 Å². The Labute approximate surface area is 124 Å². The highest BCUT2D eigenvalue weighted by Crippen LogP contribution is 2.20. The highest BCUT2D eigenvalue weighted by Gasteiger charge is 2.05. The lowest BCUT2D eigenvalue weighted by Gasteiger charge is -2.04. The first-order valence-electron chi connectivity index (χ1n) is 7.56. The summed E-state index contributed by atoms with van der Waals surface area (Å²) < 4.78 is 7.85. The van der Waals surface area contributed by atoms with Crippen LogP contribution in [0.15, 0.2) is 41.1 Å². The number of nitrogens with zero attached hydrogens (tertiary/aromatic N) is 2. The van der Waals surface area contributed by atoms with Gasteiger partial charge >= 0.3 is 0 Å². The zero-order chi connectivity index (χ0) is 14.7. The Kier molecular flexibility index (Phi) is 3.95. The topological polar surface area (TPSA) is 43.0 Å². The lowest BCUT2D eigenvalue weighted by Crippen LogP contribution is -1.98. The van der Waals surface area contributed by atoms with Crippen molar-refractivity contribution >= 4 is 16.8 Å². The van der Waals surface area contributed by atoms with Crippen molar-refractivity contribution in [3.63, 3.8) is 0 Å². The van der Waals surface area contributed by atoms with Crippen molar-refractivity contribution in [2.75, 3.05) is 5.32 Å². The van der Waals surface area contributed by atoms with Gasteiger partial charge in [0, 0.05) is 37.6 Å². The molecule has 0 saturated carbocycles. The Morgan fingerprint density at radius 3 is 2.95 bits per heavy atom. The number of benzene rings is 1. The molecule has 0 saturated heterocycles. The molecule has 0 bridgehead atoms. The van der Waals surface area contributed by atoms with Gasteiger partial charge in [-0.25, -0.2) is 4.98 Å². The molecule has 0 radical (unpaired) electrons. The molecule has 3 rings (SSSR count). The molecule has 1 aromatic carbocycles. The molecular weight excluding hydrogens is 262 g/mol. The molecule has 2 heterocycles. The van der Waals surface area contributed by atoms with E-state index in [2.05, 4.69) is 40.3 Å². The monoisotopic (exact) mass is 283 g/mol. The van der Waals surface area contributed by atoms with Crippen LogP contribution in [0.25, 0.3) is 11.1 Å². The fourth-order valence-electron chi connectivity index (χ4n) is 2.43. The van der Waals surface area contributed by atoms with Crippen LogP contribution in [0.1, 0.15) is 31.7 Å². The van der Waals surface area contributed by atoms with E-state index in [9.17, 15) is 0 Å². The van der Waals surface area contributed by atoms with E-state index in [0.717, 1.165) is 48.6 Å². The first kappa shape index (κ1) is 13.7. The number of anilines is 1. The SMILES string of the molecule is CCCn1ccc(CNc2ccc3oc(CC)nc3c2)c1. The second-order valence-electron chi connectivity index (χ2n) is 5.25. The molecule has 1 N–H and O–H groups in total. The molecule has 0 aliphatic carbocycles.